The molecule has 0 amide bonds. The van der Waals surface area contributed by atoms with Crippen LogP contribution in [0, 0.1) is 0 Å². The molecule has 0 aromatic heterocycles. The van der Waals surface area contributed by atoms with Gasteiger partial charge in [0.2, 0.25) is 0 Å². The van der Waals surface area contributed by atoms with Gasteiger partial charge in [-0.05, 0) is 47.8 Å². The molecule has 0 radical (unpaired) electrons. The van der Waals surface area contributed by atoms with Crippen molar-refractivity contribution in [1.29, 1.82) is 0 Å². The van der Waals surface area contributed by atoms with Gasteiger partial charge in [-0.25, -0.2) is 0 Å². The summed E-state index contributed by atoms with van der Waals surface area (Å²) in [5, 5.41) is 3.82. The minimum Gasteiger partial charge on any atom is -0.497 e. The Bertz CT molecular complexity index is 564. The number of benzene rings is 1. The van der Waals surface area contributed by atoms with Gasteiger partial charge >= 0.3 is 0 Å². The van der Waals surface area contributed by atoms with E-state index in [0.717, 1.165) is 11.3 Å². The van der Waals surface area contributed by atoms with Crippen molar-refractivity contribution in [1.82, 2.24) is 0 Å². The maximum Gasteiger partial charge on any atom is 0.192 e. The van der Waals surface area contributed by atoms with E-state index in [2.05, 4.69) is 43.9 Å². The van der Waals surface area contributed by atoms with Crippen molar-refractivity contribution in [3.8, 4) is 5.75 Å². The van der Waals surface area contributed by atoms with E-state index in [9.17, 15) is 0 Å². The number of ether oxygens (including phenoxy) is 2. The largest absolute Gasteiger partial charge is 0.497 e. The highest BCUT2D eigenvalue weighted by Crippen LogP contribution is 2.37. The first-order valence-corrected chi connectivity index (χ1v) is 11.5. The van der Waals surface area contributed by atoms with Gasteiger partial charge in [-0.3, -0.25) is 0 Å². The summed E-state index contributed by atoms with van der Waals surface area (Å²) in [6.07, 6.45) is 0.606. The third kappa shape index (κ3) is 7.48. The van der Waals surface area contributed by atoms with Gasteiger partial charge in [-0.15, -0.1) is 0 Å². The summed E-state index contributed by atoms with van der Waals surface area (Å²) in [4.78, 5) is 2.87. The maximum absolute atomic E-state index is 8.61. The standard InChI is InChI=1S/C18H31N3O3Si/c1-18(2,3)25(5,6)24-17(13-20-21-19)11-12-23-14-15-7-9-16(22-4)10-8-15/h7-10,17H,11-14H2,1-6H3. The lowest BCUT2D eigenvalue weighted by Gasteiger charge is -2.39. The van der Waals surface area contributed by atoms with Crippen LogP contribution in [0.25, 0.3) is 10.4 Å². The Morgan fingerprint density at radius 2 is 1.84 bits per heavy atom. The molecule has 0 heterocycles. The monoisotopic (exact) mass is 365 g/mol. The third-order valence-electron chi connectivity index (χ3n) is 4.63. The molecule has 1 rings (SSSR count). The molecular formula is C18H31N3O3Si. The van der Waals surface area contributed by atoms with E-state index >= 15 is 0 Å². The molecule has 6 nitrogen and oxygen atoms in total. The van der Waals surface area contributed by atoms with Crippen LogP contribution in [0.3, 0.4) is 0 Å². The van der Waals surface area contributed by atoms with Crippen molar-refractivity contribution < 1.29 is 13.9 Å². The average Bonchev–Trinajstić information content (AvgIpc) is 2.55. The predicted octanol–water partition coefficient (Wildman–Crippen LogP) is 5.30. The van der Waals surface area contributed by atoms with Gasteiger partial charge in [-0.1, -0.05) is 38.0 Å². The maximum atomic E-state index is 8.61. The highest BCUT2D eigenvalue weighted by Gasteiger charge is 2.38. The van der Waals surface area contributed by atoms with Gasteiger partial charge in [0.15, 0.2) is 8.32 Å². The first kappa shape index (κ1) is 21.5. The van der Waals surface area contributed by atoms with E-state index in [1.807, 2.05) is 24.3 Å². The van der Waals surface area contributed by atoms with Crippen LogP contribution in [-0.4, -0.2) is 34.7 Å². The number of hydrogen-bond donors (Lipinski definition) is 0. The fourth-order valence-electron chi connectivity index (χ4n) is 2.04. The minimum absolute atomic E-state index is 0.104. The number of azide groups is 1. The van der Waals surface area contributed by atoms with Crippen LogP contribution in [0.4, 0.5) is 0 Å². The van der Waals surface area contributed by atoms with Crippen molar-refractivity contribution in [3.63, 3.8) is 0 Å². The summed E-state index contributed by atoms with van der Waals surface area (Å²) in [5.74, 6) is 0.834. The summed E-state index contributed by atoms with van der Waals surface area (Å²) < 4.78 is 17.3. The Balaban J connectivity index is 2.50. The molecule has 1 aromatic carbocycles. The minimum atomic E-state index is -1.91. The second-order valence-electron chi connectivity index (χ2n) is 7.60. The van der Waals surface area contributed by atoms with Crippen LogP contribution in [-0.2, 0) is 15.8 Å². The van der Waals surface area contributed by atoms with E-state index in [1.165, 1.54) is 0 Å². The van der Waals surface area contributed by atoms with Gasteiger partial charge < -0.3 is 13.9 Å². The molecule has 1 aromatic rings. The fourth-order valence-corrected chi connectivity index (χ4v) is 3.41. The molecule has 0 saturated carbocycles. The molecule has 1 unspecified atom stereocenters. The summed E-state index contributed by atoms with van der Waals surface area (Å²) >= 11 is 0. The third-order valence-corrected chi connectivity index (χ3v) is 9.16. The smallest absolute Gasteiger partial charge is 0.192 e. The lowest BCUT2D eigenvalue weighted by Crippen LogP contribution is -2.44. The first-order chi connectivity index (χ1) is 11.7. The molecule has 25 heavy (non-hydrogen) atoms. The molecule has 0 spiro atoms. The Hall–Kier alpha value is -1.53. The zero-order valence-electron chi connectivity index (χ0n) is 16.3. The summed E-state index contributed by atoms with van der Waals surface area (Å²) in [5.41, 5.74) is 9.70. The lowest BCUT2D eigenvalue weighted by molar-refractivity contribution is 0.0801. The summed E-state index contributed by atoms with van der Waals surface area (Å²) in [7, 11) is -0.255. The van der Waals surface area contributed by atoms with Gasteiger partial charge in [0.25, 0.3) is 0 Å². The van der Waals surface area contributed by atoms with E-state index in [0.29, 0.717) is 26.2 Å². The second-order valence-corrected chi connectivity index (χ2v) is 12.4. The Morgan fingerprint density at radius 3 is 2.36 bits per heavy atom. The van der Waals surface area contributed by atoms with Gasteiger partial charge in [0, 0.05) is 11.5 Å². The van der Waals surface area contributed by atoms with Crippen LogP contribution < -0.4 is 4.74 Å². The van der Waals surface area contributed by atoms with Crippen LogP contribution in [0.1, 0.15) is 32.8 Å². The molecule has 1 atom stereocenters. The van der Waals surface area contributed by atoms with Crippen molar-refractivity contribution in [2.24, 2.45) is 5.11 Å². The number of hydrogen-bond acceptors (Lipinski definition) is 4. The molecule has 0 aliphatic heterocycles. The summed E-state index contributed by atoms with van der Waals surface area (Å²) in [6.45, 7) is 12.4. The van der Waals surface area contributed by atoms with Crippen molar-refractivity contribution >= 4 is 8.32 Å². The van der Waals surface area contributed by atoms with Crippen molar-refractivity contribution in [3.05, 3.63) is 40.3 Å². The topological polar surface area (TPSA) is 76.5 Å². The van der Waals surface area contributed by atoms with E-state index < -0.39 is 8.32 Å². The number of rotatable bonds is 10. The molecule has 0 aliphatic carbocycles. The SMILES string of the molecule is COc1ccc(COCCC(CN=[N+]=[N-])O[Si](C)(C)C(C)(C)C)cc1. The zero-order chi connectivity index (χ0) is 18.9. The Kier molecular flexibility index (Phi) is 8.45. The predicted molar refractivity (Wildman–Crippen MR) is 103 cm³/mol. The van der Waals surface area contributed by atoms with Gasteiger partial charge in [0.1, 0.15) is 5.75 Å². The first-order valence-electron chi connectivity index (χ1n) is 8.59. The molecule has 0 aliphatic rings. The highest BCUT2D eigenvalue weighted by molar-refractivity contribution is 6.74. The molecular weight excluding hydrogens is 334 g/mol. The van der Waals surface area contributed by atoms with Crippen LogP contribution in [0.5, 0.6) is 5.75 Å². The highest BCUT2D eigenvalue weighted by atomic mass is 28.4. The fraction of sp³-hybridized carbons (Fsp3) is 0.667. The van der Waals surface area contributed by atoms with Crippen LogP contribution in [0.15, 0.2) is 29.4 Å². The van der Waals surface area contributed by atoms with E-state index in [4.69, 9.17) is 19.4 Å². The number of nitrogens with zero attached hydrogens (tertiary/aromatic N) is 3. The lowest BCUT2D eigenvalue weighted by atomic mass is 10.2. The second kappa shape index (κ2) is 9.82. The van der Waals surface area contributed by atoms with Crippen LogP contribution in [0.2, 0.25) is 18.1 Å². The molecule has 0 fully saturated rings. The number of methoxy groups -OCH3 is 1. The molecule has 0 bridgehead atoms. The Labute approximate surface area is 152 Å². The van der Waals surface area contributed by atoms with E-state index in [-0.39, 0.29) is 11.1 Å². The average molecular weight is 366 g/mol. The quantitative estimate of drug-likeness (QED) is 0.185. The molecule has 0 saturated heterocycles. The van der Waals surface area contributed by atoms with Crippen LogP contribution >= 0.6 is 0 Å². The molecule has 0 N–H and O–H groups in total. The van der Waals surface area contributed by atoms with Crippen molar-refractivity contribution in [2.45, 2.75) is 58.0 Å². The van der Waals surface area contributed by atoms with Gasteiger partial charge in [-0.2, -0.15) is 0 Å². The molecule has 140 valence electrons. The molecule has 7 heteroatoms. The Morgan fingerprint density at radius 1 is 1.20 bits per heavy atom. The normalized spacial score (nSPS) is 13.2. The van der Waals surface area contributed by atoms with E-state index in [1.54, 1.807) is 7.11 Å². The van der Waals surface area contributed by atoms with Crippen molar-refractivity contribution in [2.75, 3.05) is 20.3 Å². The summed E-state index contributed by atoms with van der Waals surface area (Å²) in [6, 6.07) is 7.82. The zero-order valence-corrected chi connectivity index (χ0v) is 17.3. The van der Waals surface area contributed by atoms with Gasteiger partial charge in [0.05, 0.1) is 26.4 Å².